The van der Waals surface area contributed by atoms with Gasteiger partial charge < -0.3 is 5.32 Å². The number of nitrogens with one attached hydrogen (secondary N) is 1. The largest absolute Gasteiger partial charge is 0.306 e. The number of carbonyl (C=O) groups excluding carboxylic acids is 1. The van der Waals surface area contributed by atoms with Crippen molar-refractivity contribution in [2.24, 2.45) is 0 Å². The SMILES string of the molecule is Cc1cnc(NC(=O)c2ccccc2Cl)c(Br)c1. The van der Waals surface area contributed by atoms with E-state index in [9.17, 15) is 4.79 Å². The lowest BCUT2D eigenvalue weighted by Crippen LogP contribution is -2.13. The standard InChI is InChI=1S/C13H10BrClN2O/c1-8-6-10(14)12(16-7-8)17-13(18)9-4-2-3-5-11(9)15/h2-7H,1H3,(H,16,17,18). The molecule has 0 aliphatic rings. The van der Waals surface area contributed by atoms with Crippen molar-refractivity contribution < 1.29 is 4.79 Å². The summed E-state index contributed by atoms with van der Waals surface area (Å²) in [6.07, 6.45) is 1.69. The number of nitrogens with zero attached hydrogens (tertiary/aromatic N) is 1. The summed E-state index contributed by atoms with van der Waals surface area (Å²) >= 11 is 9.31. The Bertz CT molecular complexity index is 601. The molecule has 1 heterocycles. The van der Waals surface area contributed by atoms with Gasteiger partial charge in [-0.25, -0.2) is 4.98 Å². The third-order valence-electron chi connectivity index (χ3n) is 2.33. The number of anilines is 1. The van der Waals surface area contributed by atoms with E-state index in [4.69, 9.17) is 11.6 Å². The van der Waals surface area contributed by atoms with Crippen molar-refractivity contribution >= 4 is 39.3 Å². The molecule has 0 fully saturated rings. The number of hydrogen-bond donors (Lipinski definition) is 1. The highest BCUT2D eigenvalue weighted by molar-refractivity contribution is 9.10. The third kappa shape index (κ3) is 2.89. The Hall–Kier alpha value is -1.39. The number of amides is 1. The van der Waals surface area contributed by atoms with Crippen LogP contribution in [0.1, 0.15) is 15.9 Å². The minimum absolute atomic E-state index is 0.280. The van der Waals surface area contributed by atoms with Crippen LogP contribution in [-0.4, -0.2) is 10.9 Å². The van der Waals surface area contributed by atoms with E-state index in [1.807, 2.05) is 13.0 Å². The molecular weight excluding hydrogens is 316 g/mol. The zero-order valence-electron chi connectivity index (χ0n) is 9.58. The van der Waals surface area contributed by atoms with Gasteiger partial charge in [-0.3, -0.25) is 4.79 Å². The average Bonchev–Trinajstić information content (AvgIpc) is 2.33. The van der Waals surface area contributed by atoms with Crippen LogP contribution in [0.25, 0.3) is 0 Å². The number of aryl methyl sites for hydroxylation is 1. The Kier molecular flexibility index (Phi) is 3.99. The summed E-state index contributed by atoms with van der Waals surface area (Å²) in [5, 5.41) is 3.13. The minimum atomic E-state index is -0.280. The number of pyridine rings is 1. The van der Waals surface area contributed by atoms with Gasteiger partial charge in [0.25, 0.3) is 5.91 Å². The highest BCUT2D eigenvalue weighted by Gasteiger charge is 2.12. The topological polar surface area (TPSA) is 42.0 Å². The molecule has 0 radical (unpaired) electrons. The van der Waals surface area contributed by atoms with Crippen molar-refractivity contribution in [2.75, 3.05) is 5.32 Å². The Morgan fingerprint density at radius 1 is 1.39 bits per heavy atom. The fraction of sp³-hybridized carbons (Fsp3) is 0.0769. The zero-order valence-corrected chi connectivity index (χ0v) is 11.9. The summed E-state index contributed by atoms with van der Waals surface area (Å²) < 4.78 is 0.739. The van der Waals surface area contributed by atoms with Crippen molar-refractivity contribution in [3.8, 4) is 0 Å². The van der Waals surface area contributed by atoms with Gasteiger partial charge in [0, 0.05) is 6.20 Å². The van der Waals surface area contributed by atoms with Crippen LogP contribution >= 0.6 is 27.5 Å². The average molecular weight is 326 g/mol. The fourth-order valence-electron chi connectivity index (χ4n) is 1.45. The predicted molar refractivity (Wildman–Crippen MR) is 76.1 cm³/mol. The number of benzene rings is 1. The summed E-state index contributed by atoms with van der Waals surface area (Å²) in [5.74, 6) is 0.197. The van der Waals surface area contributed by atoms with Gasteiger partial charge in [0.05, 0.1) is 15.1 Å². The first-order valence-electron chi connectivity index (χ1n) is 5.26. The molecule has 2 aromatic rings. The van der Waals surface area contributed by atoms with E-state index in [1.54, 1.807) is 30.5 Å². The summed E-state index contributed by atoms with van der Waals surface area (Å²) in [4.78, 5) is 16.2. The van der Waals surface area contributed by atoms with Crippen molar-refractivity contribution in [1.29, 1.82) is 0 Å². The fourth-order valence-corrected chi connectivity index (χ4v) is 2.23. The quantitative estimate of drug-likeness (QED) is 0.905. The van der Waals surface area contributed by atoms with Gasteiger partial charge in [0.1, 0.15) is 5.82 Å². The molecule has 0 aliphatic heterocycles. The van der Waals surface area contributed by atoms with E-state index in [2.05, 4.69) is 26.2 Å². The Balaban J connectivity index is 2.24. The maximum atomic E-state index is 12.0. The van der Waals surface area contributed by atoms with Crippen LogP contribution < -0.4 is 5.32 Å². The van der Waals surface area contributed by atoms with E-state index < -0.39 is 0 Å². The Morgan fingerprint density at radius 2 is 2.11 bits per heavy atom. The maximum absolute atomic E-state index is 12.0. The van der Waals surface area contributed by atoms with Gasteiger partial charge >= 0.3 is 0 Å². The molecule has 1 aromatic carbocycles. The van der Waals surface area contributed by atoms with Crippen LogP contribution in [0.4, 0.5) is 5.82 Å². The van der Waals surface area contributed by atoms with Crippen molar-refractivity contribution in [1.82, 2.24) is 4.98 Å². The Labute approximate surface area is 118 Å². The summed E-state index contributed by atoms with van der Waals surface area (Å²) in [6, 6.07) is 8.76. The number of rotatable bonds is 2. The lowest BCUT2D eigenvalue weighted by Gasteiger charge is -2.07. The summed E-state index contributed by atoms with van der Waals surface area (Å²) in [7, 11) is 0. The first-order valence-corrected chi connectivity index (χ1v) is 6.43. The smallest absolute Gasteiger partial charge is 0.258 e. The first-order chi connectivity index (χ1) is 8.58. The zero-order chi connectivity index (χ0) is 13.1. The predicted octanol–water partition coefficient (Wildman–Crippen LogP) is 4.06. The minimum Gasteiger partial charge on any atom is -0.306 e. The second-order valence-electron chi connectivity index (χ2n) is 3.78. The summed E-state index contributed by atoms with van der Waals surface area (Å²) in [5.41, 5.74) is 1.44. The molecule has 92 valence electrons. The summed E-state index contributed by atoms with van der Waals surface area (Å²) in [6.45, 7) is 1.93. The Morgan fingerprint density at radius 3 is 2.78 bits per heavy atom. The molecule has 1 N–H and O–H groups in total. The van der Waals surface area contributed by atoms with Crippen LogP contribution in [0.5, 0.6) is 0 Å². The second-order valence-corrected chi connectivity index (χ2v) is 5.04. The molecule has 0 unspecified atom stereocenters. The van der Waals surface area contributed by atoms with Crippen molar-refractivity contribution in [3.05, 3.63) is 57.2 Å². The number of halogens is 2. The van der Waals surface area contributed by atoms with E-state index >= 15 is 0 Å². The van der Waals surface area contributed by atoms with E-state index in [0.29, 0.717) is 16.4 Å². The third-order valence-corrected chi connectivity index (χ3v) is 3.26. The highest BCUT2D eigenvalue weighted by atomic mass is 79.9. The molecule has 0 spiro atoms. The van der Waals surface area contributed by atoms with Gasteiger partial charge in [-0.2, -0.15) is 0 Å². The molecule has 1 aromatic heterocycles. The lowest BCUT2D eigenvalue weighted by molar-refractivity contribution is 0.102. The number of aromatic nitrogens is 1. The van der Waals surface area contributed by atoms with Crippen LogP contribution in [0, 0.1) is 6.92 Å². The molecule has 0 atom stereocenters. The van der Waals surface area contributed by atoms with Crippen molar-refractivity contribution in [3.63, 3.8) is 0 Å². The molecule has 18 heavy (non-hydrogen) atoms. The molecule has 1 amide bonds. The molecule has 0 saturated carbocycles. The van der Waals surface area contributed by atoms with Gasteiger partial charge in [-0.1, -0.05) is 23.7 Å². The molecule has 0 aliphatic carbocycles. The van der Waals surface area contributed by atoms with E-state index in [1.165, 1.54) is 0 Å². The van der Waals surface area contributed by atoms with Gasteiger partial charge in [0.2, 0.25) is 0 Å². The van der Waals surface area contributed by atoms with E-state index in [0.717, 1.165) is 10.0 Å². The second kappa shape index (κ2) is 5.50. The lowest BCUT2D eigenvalue weighted by atomic mass is 10.2. The highest BCUT2D eigenvalue weighted by Crippen LogP contribution is 2.22. The molecule has 0 saturated heterocycles. The molecule has 0 bridgehead atoms. The van der Waals surface area contributed by atoms with Gasteiger partial charge in [0.15, 0.2) is 0 Å². The van der Waals surface area contributed by atoms with Crippen molar-refractivity contribution in [2.45, 2.75) is 6.92 Å². The number of hydrogen-bond acceptors (Lipinski definition) is 2. The molecular formula is C13H10BrClN2O. The van der Waals surface area contributed by atoms with Crippen LogP contribution in [0.3, 0.4) is 0 Å². The molecule has 5 heteroatoms. The van der Waals surface area contributed by atoms with Gasteiger partial charge in [-0.05, 0) is 46.6 Å². The van der Waals surface area contributed by atoms with Crippen LogP contribution in [0.2, 0.25) is 5.02 Å². The maximum Gasteiger partial charge on any atom is 0.258 e. The van der Waals surface area contributed by atoms with Gasteiger partial charge in [-0.15, -0.1) is 0 Å². The number of carbonyl (C=O) groups is 1. The first kappa shape index (κ1) is 13.1. The normalized spacial score (nSPS) is 10.2. The monoisotopic (exact) mass is 324 g/mol. The van der Waals surface area contributed by atoms with E-state index in [-0.39, 0.29) is 5.91 Å². The van der Waals surface area contributed by atoms with Crippen LogP contribution in [0.15, 0.2) is 41.0 Å². The van der Waals surface area contributed by atoms with Crippen LogP contribution in [-0.2, 0) is 0 Å². The molecule has 3 nitrogen and oxygen atoms in total. The molecule has 2 rings (SSSR count).